The molecular formula is C18H21CrN4O9S+. The van der Waals surface area contributed by atoms with Gasteiger partial charge in [0.05, 0.1) is 11.5 Å². The maximum Gasteiger partial charge on any atom is 1.00 e. The monoisotopic (exact) mass is 521 g/mol. The minimum atomic E-state index is -4.94. The molecule has 0 bridgehead atoms. The van der Waals surface area contributed by atoms with Crippen LogP contribution in [0.25, 0.3) is 6.08 Å². The number of phenols is 1. The number of aromatic hydroxyl groups is 1. The van der Waals surface area contributed by atoms with Crippen molar-refractivity contribution in [2.24, 2.45) is 10.8 Å². The summed E-state index contributed by atoms with van der Waals surface area (Å²) in [6, 6.07) is 8.15. The number of anilines is 1. The van der Waals surface area contributed by atoms with Crippen molar-refractivity contribution in [2.75, 3.05) is 18.6 Å². The third-order valence-corrected chi connectivity index (χ3v) is 4.70. The fourth-order valence-electron chi connectivity index (χ4n) is 2.45. The number of nitrogens with two attached hydrogens (primary N) is 1. The number of rotatable bonds is 5. The third-order valence-electron chi connectivity index (χ3n) is 3.83. The predicted octanol–water partition coefficient (Wildman–Crippen LogP) is 0.182. The van der Waals surface area contributed by atoms with Gasteiger partial charge in [0.2, 0.25) is 5.78 Å². The number of hydrogen-bond donors (Lipinski definition) is 5. The molecule has 0 aliphatic heterocycles. The summed E-state index contributed by atoms with van der Waals surface area (Å²) in [6.07, 6.45) is 2.87. The average molecular weight is 521 g/mol. The smallest absolute Gasteiger partial charge is 0.504 e. The molecular weight excluding hydrogens is 500 g/mol. The van der Waals surface area contributed by atoms with Crippen LogP contribution in [0.5, 0.6) is 5.75 Å². The first-order chi connectivity index (χ1) is 14.6. The molecule has 0 saturated heterocycles. The third kappa shape index (κ3) is 7.44. The van der Waals surface area contributed by atoms with Gasteiger partial charge in [-0.2, -0.15) is 13.5 Å². The molecule has 2 aromatic carbocycles. The van der Waals surface area contributed by atoms with Crippen molar-refractivity contribution in [1.29, 1.82) is 0 Å². The molecule has 0 atom stereocenters. The van der Waals surface area contributed by atoms with Crippen LogP contribution in [0.3, 0.4) is 0 Å². The van der Waals surface area contributed by atoms with Crippen molar-refractivity contribution in [1.82, 2.24) is 0 Å². The van der Waals surface area contributed by atoms with Crippen LogP contribution in [-0.4, -0.2) is 58.2 Å². The summed E-state index contributed by atoms with van der Waals surface area (Å²) in [5, 5.41) is 32.6. The van der Waals surface area contributed by atoms with Crippen molar-refractivity contribution in [3.63, 3.8) is 0 Å². The molecule has 8 N–H and O–H groups in total. The van der Waals surface area contributed by atoms with Gasteiger partial charge in [-0.1, -0.05) is 30.3 Å². The zero-order valence-corrected chi connectivity index (χ0v) is 18.8. The Morgan fingerprint density at radius 2 is 1.82 bits per heavy atom. The van der Waals surface area contributed by atoms with Gasteiger partial charge < -0.3 is 21.4 Å². The molecule has 0 fully saturated rings. The second kappa shape index (κ2) is 12.8. The normalized spacial score (nSPS) is 13.1. The predicted molar refractivity (Wildman–Crippen MR) is 116 cm³/mol. The second-order valence-electron chi connectivity index (χ2n) is 5.94. The Labute approximate surface area is 200 Å². The molecule has 0 radical (unpaired) electrons. The van der Waals surface area contributed by atoms with Crippen LogP contribution in [0.2, 0.25) is 0 Å². The summed E-state index contributed by atoms with van der Waals surface area (Å²) in [6.45, 7) is 0.472. The number of fused-ring (bicyclic) bond motifs is 1. The number of aliphatic hydroxyl groups is 1. The zero-order valence-electron chi connectivity index (χ0n) is 17.7. The topological polar surface area (TPSA) is 237 Å². The Hall–Kier alpha value is -3.16. The van der Waals surface area contributed by atoms with E-state index in [1.165, 1.54) is 6.08 Å². The van der Waals surface area contributed by atoms with Crippen LogP contribution in [-0.2, 0) is 32.3 Å². The summed E-state index contributed by atoms with van der Waals surface area (Å²) in [5.41, 5.74) is 7.02. The van der Waals surface area contributed by atoms with E-state index in [-0.39, 0.29) is 36.6 Å². The molecule has 1 aliphatic carbocycles. The number of hydrazone groups is 1. The first-order valence-electron chi connectivity index (χ1n) is 8.55. The summed E-state index contributed by atoms with van der Waals surface area (Å²) in [4.78, 5) is 21.1. The van der Waals surface area contributed by atoms with Crippen LogP contribution in [0.4, 0.5) is 11.4 Å². The van der Waals surface area contributed by atoms with Gasteiger partial charge in [-0.15, -0.1) is 0 Å². The minimum Gasteiger partial charge on any atom is -0.504 e. The molecule has 13 nitrogen and oxygen atoms in total. The van der Waals surface area contributed by atoms with Gasteiger partial charge >= 0.3 is 1.43 Å². The first kappa shape index (κ1) is 29.8. The van der Waals surface area contributed by atoms with Gasteiger partial charge in [-0.3, -0.25) is 24.9 Å². The number of nitrogens with zero attached hydrogens (tertiary/aromatic N) is 2. The Kier molecular flexibility index (Phi) is 11.5. The Morgan fingerprint density at radius 3 is 2.36 bits per heavy atom. The van der Waals surface area contributed by atoms with Gasteiger partial charge in [0.15, 0.2) is 5.75 Å². The van der Waals surface area contributed by atoms with Crippen LogP contribution < -0.4 is 11.2 Å². The molecule has 2 aromatic rings. The van der Waals surface area contributed by atoms with Gasteiger partial charge in [0.25, 0.3) is 15.8 Å². The number of nitrogens with one attached hydrogen (secondary N) is 1. The number of phenolic OH excluding ortho intramolecular Hbond substituents is 1. The van der Waals surface area contributed by atoms with Crippen molar-refractivity contribution in [2.45, 2.75) is 4.90 Å². The molecule has 0 aromatic heterocycles. The number of non-ortho nitro benzene ring substituents is 1. The standard InChI is InChI=1S/C16H11N3O7S.C2H7NO.Cr.H2O/c20-13-6-5-9-3-1-2-4-11(9)15(13)18-17-12-7-10(19(22)23)8-14(16(12)21)27(24,25)26;3-1-2-4;;/h1-8,17,21H,(H,24,25,26);4H,1-3H2;;1H2/p+1/b18-15-;;;. The summed E-state index contributed by atoms with van der Waals surface area (Å²) >= 11 is 0. The molecule has 0 heterocycles. The molecule has 0 spiro atoms. The van der Waals surface area contributed by atoms with E-state index < -0.39 is 42.8 Å². The number of aliphatic hydroxyl groups excluding tert-OH is 1. The van der Waals surface area contributed by atoms with E-state index in [0.29, 0.717) is 23.7 Å². The zero-order chi connectivity index (χ0) is 23.2. The molecule has 178 valence electrons. The Bertz CT molecular complexity index is 1190. The van der Waals surface area contributed by atoms with E-state index >= 15 is 0 Å². The van der Waals surface area contributed by atoms with E-state index in [2.05, 4.69) is 10.5 Å². The number of benzene rings is 2. The number of ketones is 1. The molecule has 15 heteroatoms. The number of allylic oxidation sites excluding steroid dienone is 1. The first-order valence-corrected chi connectivity index (χ1v) is 9.99. The Morgan fingerprint density at radius 1 is 1.21 bits per heavy atom. The quantitative estimate of drug-likeness (QED) is 0.155. The fraction of sp³-hybridized carbons (Fsp3) is 0.111. The van der Waals surface area contributed by atoms with Gasteiger partial charge in [0.1, 0.15) is 16.3 Å². The largest absolute Gasteiger partial charge is 1.00 e. The second-order valence-corrected chi connectivity index (χ2v) is 7.33. The van der Waals surface area contributed by atoms with Crippen molar-refractivity contribution < 1.29 is 57.2 Å². The van der Waals surface area contributed by atoms with E-state index in [1.807, 2.05) is 0 Å². The van der Waals surface area contributed by atoms with Crippen molar-refractivity contribution in [3.05, 3.63) is 63.7 Å². The Balaban J connectivity index is 0. The number of carbonyl (C=O) groups excluding carboxylic acids is 1. The SMILES string of the molecule is NCCO.O.O=C1C=Cc2ccccc2/C1=N/Nc1cc([N+](=O)[O-])cc(S(=O)(=O)O)c1O.[Cr].[H+]. The summed E-state index contributed by atoms with van der Waals surface area (Å²) in [7, 11) is -4.94. The van der Waals surface area contributed by atoms with Crippen LogP contribution in [0, 0.1) is 10.1 Å². The maximum absolute atomic E-state index is 12.1. The van der Waals surface area contributed by atoms with E-state index in [9.17, 15) is 28.4 Å². The van der Waals surface area contributed by atoms with E-state index in [4.69, 9.17) is 15.4 Å². The van der Waals surface area contributed by atoms with Crippen molar-refractivity contribution >= 4 is 39.1 Å². The van der Waals surface area contributed by atoms with Crippen molar-refractivity contribution in [3.8, 4) is 5.75 Å². The van der Waals surface area contributed by atoms with Crippen LogP contribution >= 0.6 is 0 Å². The minimum absolute atomic E-state index is 0. The molecule has 3 rings (SSSR count). The van der Waals surface area contributed by atoms with E-state index in [1.54, 1.807) is 30.3 Å². The van der Waals surface area contributed by atoms with Crippen LogP contribution in [0.1, 0.15) is 12.6 Å². The molecule has 0 amide bonds. The number of nitro groups is 1. The summed E-state index contributed by atoms with van der Waals surface area (Å²) in [5.74, 6) is -1.43. The van der Waals surface area contributed by atoms with Crippen LogP contribution in [0.15, 0.2) is 52.5 Å². The van der Waals surface area contributed by atoms with Gasteiger partial charge in [0, 0.05) is 41.6 Å². The molecule has 33 heavy (non-hydrogen) atoms. The fourth-order valence-corrected chi connectivity index (χ4v) is 3.07. The summed E-state index contributed by atoms with van der Waals surface area (Å²) < 4.78 is 31.8. The molecule has 0 saturated carbocycles. The van der Waals surface area contributed by atoms with Gasteiger partial charge in [-0.05, 0) is 11.6 Å². The molecule has 0 unspecified atom stereocenters. The molecule has 1 aliphatic rings. The maximum atomic E-state index is 12.1. The van der Waals surface area contributed by atoms with Gasteiger partial charge in [-0.25, -0.2) is 0 Å². The number of hydrogen-bond acceptors (Lipinski definition) is 10. The van der Waals surface area contributed by atoms with E-state index in [0.717, 1.165) is 6.07 Å². The number of nitro benzene ring substituents is 1. The average Bonchev–Trinajstić information content (AvgIpc) is 2.73. The number of carbonyl (C=O) groups is 1.